The highest BCUT2D eigenvalue weighted by Gasteiger charge is 2.36. The minimum absolute atomic E-state index is 0.232. The average molecular weight is 361 g/mol. The van der Waals surface area contributed by atoms with Gasteiger partial charge in [-0.05, 0) is 42.3 Å². The van der Waals surface area contributed by atoms with Crippen LogP contribution in [0.3, 0.4) is 0 Å². The number of imide groups is 1. The van der Waals surface area contributed by atoms with Crippen LogP contribution in [0.1, 0.15) is 11.1 Å². The summed E-state index contributed by atoms with van der Waals surface area (Å²) in [7, 11) is 1.46. The molecule has 3 rings (SSSR count). The van der Waals surface area contributed by atoms with E-state index in [0.29, 0.717) is 26.9 Å². The third-order valence-electron chi connectivity index (χ3n) is 3.95. The number of carbonyl (C=O) groups excluding carboxylic acids is 2. The predicted molar refractivity (Wildman–Crippen MR) is 96.0 cm³/mol. The quantitative estimate of drug-likeness (QED) is 0.837. The molecule has 1 heterocycles. The van der Waals surface area contributed by atoms with Gasteiger partial charge >= 0.3 is 0 Å². The highest BCUT2D eigenvalue weighted by Crippen LogP contribution is 2.32. The van der Waals surface area contributed by atoms with E-state index in [-0.39, 0.29) is 17.5 Å². The minimum Gasteiger partial charge on any atom is -0.350 e. The molecule has 0 spiro atoms. The fourth-order valence-electron chi connectivity index (χ4n) is 2.52. The molecule has 1 aliphatic rings. The molecule has 0 saturated heterocycles. The molecule has 122 valence electrons. The fourth-order valence-corrected chi connectivity index (χ4v) is 2.82. The number of hydrogen-bond acceptors (Lipinski definition) is 3. The zero-order chi connectivity index (χ0) is 17.4. The van der Waals surface area contributed by atoms with Crippen molar-refractivity contribution in [3.63, 3.8) is 0 Å². The summed E-state index contributed by atoms with van der Waals surface area (Å²) in [5.74, 6) is -0.742. The molecule has 0 aromatic heterocycles. The molecule has 2 aromatic rings. The van der Waals surface area contributed by atoms with Crippen LogP contribution in [0.4, 0.5) is 5.69 Å². The number of likely N-dealkylation sites (N-methyl/N-ethyl adjacent to an activating group) is 1. The van der Waals surface area contributed by atoms with Gasteiger partial charge in [0.2, 0.25) is 0 Å². The molecule has 24 heavy (non-hydrogen) atoms. The summed E-state index contributed by atoms with van der Waals surface area (Å²) in [6.07, 6.45) is 0. The van der Waals surface area contributed by atoms with E-state index in [9.17, 15) is 9.59 Å². The Morgan fingerprint density at radius 3 is 2.29 bits per heavy atom. The Kier molecular flexibility index (Phi) is 4.35. The van der Waals surface area contributed by atoms with Gasteiger partial charge in [0, 0.05) is 22.8 Å². The lowest BCUT2D eigenvalue weighted by atomic mass is 10.0. The summed E-state index contributed by atoms with van der Waals surface area (Å²) >= 11 is 12.0. The zero-order valence-electron chi connectivity index (χ0n) is 13.1. The van der Waals surface area contributed by atoms with Gasteiger partial charge in [0.1, 0.15) is 5.70 Å². The van der Waals surface area contributed by atoms with Gasteiger partial charge in [-0.2, -0.15) is 0 Å². The Bertz CT molecular complexity index is 873. The van der Waals surface area contributed by atoms with Crippen LogP contribution in [0.2, 0.25) is 10.0 Å². The SMILES string of the molecule is Cc1c(Cl)cccc1NC1=C(c2ccc(Cl)cc2)C(=O)N(C)C1=O. The molecule has 0 unspecified atom stereocenters. The lowest BCUT2D eigenvalue weighted by Crippen LogP contribution is -2.28. The number of nitrogens with one attached hydrogen (secondary N) is 1. The third kappa shape index (κ3) is 2.79. The first-order valence-corrected chi connectivity index (χ1v) is 8.00. The van der Waals surface area contributed by atoms with E-state index >= 15 is 0 Å². The van der Waals surface area contributed by atoms with Crippen molar-refractivity contribution in [2.24, 2.45) is 0 Å². The van der Waals surface area contributed by atoms with Crippen molar-refractivity contribution in [2.75, 3.05) is 12.4 Å². The Balaban J connectivity index is 2.12. The Morgan fingerprint density at radius 2 is 1.62 bits per heavy atom. The van der Waals surface area contributed by atoms with Gasteiger partial charge < -0.3 is 5.32 Å². The van der Waals surface area contributed by atoms with E-state index in [1.54, 1.807) is 36.4 Å². The molecular weight excluding hydrogens is 347 g/mol. The maximum atomic E-state index is 12.5. The highest BCUT2D eigenvalue weighted by atomic mass is 35.5. The average Bonchev–Trinajstić information content (AvgIpc) is 2.77. The third-order valence-corrected chi connectivity index (χ3v) is 4.61. The number of anilines is 1. The molecule has 1 aliphatic heterocycles. The van der Waals surface area contributed by atoms with Crippen LogP contribution in [-0.4, -0.2) is 23.8 Å². The lowest BCUT2D eigenvalue weighted by Gasteiger charge is -2.12. The van der Waals surface area contributed by atoms with E-state index in [1.165, 1.54) is 7.05 Å². The van der Waals surface area contributed by atoms with Crippen molar-refractivity contribution in [1.82, 2.24) is 4.90 Å². The van der Waals surface area contributed by atoms with Gasteiger partial charge in [0.05, 0.1) is 5.57 Å². The van der Waals surface area contributed by atoms with Crippen LogP contribution >= 0.6 is 23.2 Å². The highest BCUT2D eigenvalue weighted by molar-refractivity contribution is 6.37. The van der Waals surface area contributed by atoms with Crippen LogP contribution in [0.25, 0.3) is 5.57 Å². The zero-order valence-corrected chi connectivity index (χ0v) is 14.6. The molecular formula is C18H14Cl2N2O2. The number of hydrogen-bond donors (Lipinski definition) is 1. The van der Waals surface area contributed by atoms with Gasteiger partial charge in [-0.1, -0.05) is 41.4 Å². The summed E-state index contributed by atoms with van der Waals surface area (Å²) in [6, 6.07) is 12.2. The van der Waals surface area contributed by atoms with Gasteiger partial charge in [-0.3, -0.25) is 14.5 Å². The number of nitrogens with zero attached hydrogens (tertiary/aromatic N) is 1. The molecule has 0 fully saturated rings. The lowest BCUT2D eigenvalue weighted by molar-refractivity contribution is -0.135. The summed E-state index contributed by atoms with van der Waals surface area (Å²) < 4.78 is 0. The molecule has 6 heteroatoms. The fraction of sp³-hybridized carbons (Fsp3) is 0.111. The summed E-state index contributed by atoms with van der Waals surface area (Å²) in [5, 5.41) is 4.22. The van der Waals surface area contributed by atoms with E-state index in [4.69, 9.17) is 23.2 Å². The van der Waals surface area contributed by atoms with Crippen molar-refractivity contribution in [3.05, 3.63) is 69.3 Å². The molecule has 1 N–H and O–H groups in total. The van der Waals surface area contributed by atoms with E-state index in [1.807, 2.05) is 13.0 Å². The molecule has 0 bridgehead atoms. The molecule has 0 aliphatic carbocycles. The van der Waals surface area contributed by atoms with Crippen LogP contribution in [0, 0.1) is 6.92 Å². The van der Waals surface area contributed by atoms with Gasteiger partial charge in [0.25, 0.3) is 11.8 Å². The van der Waals surface area contributed by atoms with Crippen LogP contribution in [0.5, 0.6) is 0 Å². The number of rotatable bonds is 3. The Morgan fingerprint density at radius 1 is 0.958 bits per heavy atom. The summed E-state index contributed by atoms with van der Waals surface area (Å²) in [6.45, 7) is 1.85. The van der Waals surface area contributed by atoms with Crippen molar-refractivity contribution in [1.29, 1.82) is 0 Å². The van der Waals surface area contributed by atoms with Crippen molar-refractivity contribution >= 4 is 46.3 Å². The predicted octanol–water partition coefficient (Wildman–Crippen LogP) is 4.12. The molecule has 2 aromatic carbocycles. The van der Waals surface area contributed by atoms with Crippen LogP contribution in [-0.2, 0) is 9.59 Å². The largest absolute Gasteiger partial charge is 0.350 e. The molecule has 0 atom stereocenters. The monoisotopic (exact) mass is 360 g/mol. The maximum absolute atomic E-state index is 12.5. The minimum atomic E-state index is -0.385. The number of halogens is 2. The van der Waals surface area contributed by atoms with Crippen molar-refractivity contribution < 1.29 is 9.59 Å². The van der Waals surface area contributed by atoms with E-state index in [0.717, 1.165) is 10.5 Å². The number of carbonyl (C=O) groups is 2. The summed E-state index contributed by atoms with van der Waals surface area (Å²) in [5.41, 5.74) is 2.66. The second-order valence-electron chi connectivity index (χ2n) is 5.46. The van der Waals surface area contributed by atoms with E-state index in [2.05, 4.69) is 5.32 Å². The second kappa shape index (κ2) is 6.30. The van der Waals surface area contributed by atoms with Crippen molar-refractivity contribution in [2.45, 2.75) is 6.92 Å². The topological polar surface area (TPSA) is 49.4 Å². The smallest absolute Gasteiger partial charge is 0.277 e. The Labute approximate surface area is 149 Å². The first-order chi connectivity index (χ1) is 11.4. The van der Waals surface area contributed by atoms with Crippen LogP contribution in [0.15, 0.2) is 48.2 Å². The normalized spacial score (nSPS) is 14.6. The van der Waals surface area contributed by atoms with Crippen LogP contribution < -0.4 is 5.32 Å². The van der Waals surface area contributed by atoms with E-state index < -0.39 is 0 Å². The molecule has 0 radical (unpaired) electrons. The van der Waals surface area contributed by atoms with Gasteiger partial charge in [0.15, 0.2) is 0 Å². The molecule has 0 saturated carbocycles. The number of benzene rings is 2. The second-order valence-corrected chi connectivity index (χ2v) is 6.31. The summed E-state index contributed by atoms with van der Waals surface area (Å²) in [4.78, 5) is 26.1. The first kappa shape index (κ1) is 16.6. The molecule has 4 nitrogen and oxygen atoms in total. The van der Waals surface area contributed by atoms with Gasteiger partial charge in [-0.15, -0.1) is 0 Å². The number of amides is 2. The first-order valence-electron chi connectivity index (χ1n) is 7.25. The maximum Gasteiger partial charge on any atom is 0.277 e. The van der Waals surface area contributed by atoms with Crippen molar-refractivity contribution in [3.8, 4) is 0 Å². The van der Waals surface area contributed by atoms with Gasteiger partial charge in [-0.25, -0.2) is 0 Å². The Hall–Kier alpha value is -2.30. The molecule has 2 amide bonds. The standard InChI is InChI=1S/C18H14Cl2N2O2/c1-10-13(20)4-3-5-14(10)21-16-15(17(23)22(2)18(16)24)11-6-8-12(19)9-7-11/h3-9,21H,1-2H3.